The Morgan fingerprint density at radius 3 is 2.81 bits per heavy atom. The second-order valence-electron chi connectivity index (χ2n) is 7.19. The number of rotatable bonds is 4. The van der Waals surface area contributed by atoms with Crippen LogP contribution in [0.3, 0.4) is 0 Å². The van der Waals surface area contributed by atoms with Crippen molar-refractivity contribution in [2.75, 3.05) is 12.1 Å². The Bertz CT molecular complexity index is 1390. The van der Waals surface area contributed by atoms with Gasteiger partial charge in [0.05, 0.1) is 16.4 Å². The Labute approximate surface area is 181 Å². The molecule has 1 N–H and O–H groups in total. The fourth-order valence-electron chi connectivity index (χ4n) is 3.41. The van der Waals surface area contributed by atoms with E-state index in [9.17, 15) is 9.59 Å². The van der Waals surface area contributed by atoms with Gasteiger partial charge < -0.3 is 19.4 Å². The minimum absolute atomic E-state index is 0.149. The summed E-state index contributed by atoms with van der Waals surface area (Å²) in [6.07, 6.45) is 3.17. The van der Waals surface area contributed by atoms with Gasteiger partial charge in [-0.1, -0.05) is 17.7 Å². The lowest BCUT2D eigenvalue weighted by Crippen LogP contribution is -2.28. The van der Waals surface area contributed by atoms with Gasteiger partial charge >= 0.3 is 0 Å². The summed E-state index contributed by atoms with van der Waals surface area (Å²) in [6.45, 7) is 1.95. The molecular weight excluding hydrogens is 420 g/mol. The second-order valence-corrected chi connectivity index (χ2v) is 7.60. The van der Waals surface area contributed by atoms with Gasteiger partial charge in [0.15, 0.2) is 11.5 Å². The molecule has 0 radical (unpaired) electrons. The minimum Gasteiger partial charge on any atom is -0.454 e. The molecule has 8 nitrogen and oxygen atoms in total. The average Bonchev–Trinajstić information content (AvgIpc) is 3.39. The molecule has 0 fully saturated rings. The van der Waals surface area contributed by atoms with E-state index in [-0.39, 0.29) is 24.8 Å². The fourth-order valence-corrected chi connectivity index (χ4v) is 3.70. The summed E-state index contributed by atoms with van der Waals surface area (Å²) >= 11 is 6.17. The Morgan fingerprint density at radius 1 is 1.13 bits per heavy atom. The van der Waals surface area contributed by atoms with Gasteiger partial charge in [0.2, 0.25) is 12.7 Å². The second kappa shape index (κ2) is 7.48. The first kappa shape index (κ1) is 19.2. The van der Waals surface area contributed by atoms with Crippen LogP contribution in [0.1, 0.15) is 5.56 Å². The highest BCUT2D eigenvalue weighted by Crippen LogP contribution is 2.35. The normalized spacial score (nSPS) is 12.3. The third-order valence-corrected chi connectivity index (χ3v) is 5.30. The lowest BCUT2D eigenvalue weighted by atomic mass is 10.1. The Kier molecular flexibility index (Phi) is 4.63. The number of carbonyl (C=O) groups is 1. The number of nitrogens with zero attached hydrogens (tertiary/aromatic N) is 3. The molecule has 31 heavy (non-hydrogen) atoms. The predicted octanol–water partition coefficient (Wildman–Crippen LogP) is 3.49. The van der Waals surface area contributed by atoms with Crippen molar-refractivity contribution >= 4 is 28.7 Å². The van der Waals surface area contributed by atoms with Crippen LogP contribution >= 0.6 is 11.6 Å². The van der Waals surface area contributed by atoms with Crippen LogP contribution in [0.5, 0.6) is 11.5 Å². The molecule has 1 aliphatic heterocycles. The number of ether oxygens (including phenoxy) is 2. The van der Waals surface area contributed by atoms with E-state index in [0.29, 0.717) is 33.4 Å². The molecule has 0 saturated heterocycles. The van der Waals surface area contributed by atoms with Crippen molar-refractivity contribution in [2.45, 2.75) is 13.5 Å². The van der Waals surface area contributed by atoms with Crippen LogP contribution in [0.2, 0.25) is 5.02 Å². The van der Waals surface area contributed by atoms with Gasteiger partial charge in [-0.2, -0.15) is 5.10 Å². The van der Waals surface area contributed by atoms with Gasteiger partial charge in [-0.3, -0.25) is 9.59 Å². The molecule has 0 unspecified atom stereocenters. The van der Waals surface area contributed by atoms with Gasteiger partial charge in [0.25, 0.3) is 5.56 Å². The fraction of sp³-hybridized carbons (Fsp3) is 0.136. The van der Waals surface area contributed by atoms with Crippen LogP contribution < -0.4 is 20.3 Å². The van der Waals surface area contributed by atoms with Crippen LogP contribution in [0.15, 0.2) is 59.7 Å². The van der Waals surface area contributed by atoms with E-state index in [2.05, 4.69) is 10.4 Å². The van der Waals surface area contributed by atoms with Crippen LogP contribution in [0.4, 0.5) is 5.69 Å². The summed E-state index contributed by atoms with van der Waals surface area (Å²) in [4.78, 5) is 25.4. The number of hydrogen-bond donors (Lipinski definition) is 1. The number of nitrogens with one attached hydrogen (secondary N) is 1. The highest BCUT2D eigenvalue weighted by Gasteiger charge is 2.16. The highest BCUT2D eigenvalue weighted by molar-refractivity contribution is 6.33. The third-order valence-electron chi connectivity index (χ3n) is 4.98. The SMILES string of the molecule is Cc1ccc(NC(=O)Cn2ccn3nc(-c4ccc5c(c4)OCO5)cc3c2=O)c(Cl)c1. The first-order valence-corrected chi connectivity index (χ1v) is 9.90. The van der Waals surface area contributed by atoms with Gasteiger partial charge in [0.1, 0.15) is 12.1 Å². The maximum Gasteiger partial charge on any atom is 0.277 e. The van der Waals surface area contributed by atoms with Gasteiger partial charge in [-0.05, 0) is 48.9 Å². The summed E-state index contributed by atoms with van der Waals surface area (Å²) in [7, 11) is 0. The number of fused-ring (bicyclic) bond motifs is 2. The third kappa shape index (κ3) is 3.62. The standard InChI is InChI=1S/C22H17ClN4O4/c1-13-2-4-16(15(23)8-13)24-21(28)11-26-6-7-27-18(22(26)29)10-17(25-27)14-3-5-19-20(9-14)31-12-30-19/h2-10H,11-12H2,1H3,(H,24,28). The van der Waals surface area contributed by atoms with Crippen molar-refractivity contribution in [3.63, 3.8) is 0 Å². The topological polar surface area (TPSA) is 86.9 Å². The zero-order valence-electron chi connectivity index (χ0n) is 16.5. The molecule has 4 aromatic rings. The van der Waals surface area contributed by atoms with E-state index in [4.69, 9.17) is 21.1 Å². The van der Waals surface area contributed by atoms with E-state index < -0.39 is 0 Å². The lowest BCUT2D eigenvalue weighted by molar-refractivity contribution is -0.116. The lowest BCUT2D eigenvalue weighted by Gasteiger charge is -2.09. The van der Waals surface area contributed by atoms with Crippen molar-refractivity contribution in [1.82, 2.24) is 14.2 Å². The van der Waals surface area contributed by atoms with E-state index in [1.165, 1.54) is 15.3 Å². The number of aryl methyl sites for hydroxylation is 1. The molecule has 0 atom stereocenters. The van der Waals surface area contributed by atoms with E-state index in [0.717, 1.165) is 11.1 Å². The number of hydrogen-bond acceptors (Lipinski definition) is 5. The highest BCUT2D eigenvalue weighted by atomic mass is 35.5. The van der Waals surface area contributed by atoms with Crippen molar-refractivity contribution in [3.8, 4) is 22.8 Å². The molecule has 1 amide bonds. The van der Waals surface area contributed by atoms with Crippen molar-refractivity contribution in [1.29, 1.82) is 0 Å². The van der Waals surface area contributed by atoms with Crippen molar-refractivity contribution < 1.29 is 14.3 Å². The molecule has 3 heterocycles. The van der Waals surface area contributed by atoms with E-state index in [1.54, 1.807) is 30.5 Å². The molecule has 5 rings (SSSR count). The molecule has 9 heteroatoms. The number of halogens is 1. The Hall–Kier alpha value is -3.78. The molecule has 0 bridgehead atoms. The molecule has 0 aliphatic carbocycles. The maximum absolute atomic E-state index is 12.9. The number of amides is 1. The molecule has 2 aromatic heterocycles. The zero-order valence-corrected chi connectivity index (χ0v) is 17.2. The summed E-state index contributed by atoms with van der Waals surface area (Å²) in [5.74, 6) is 0.959. The smallest absolute Gasteiger partial charge is 0.277 e. The van der Waals surface area contributed by atoms with Crippen molar-refractivity contribution in [2.24, 2.45) is 0 Å². The van der Waals surface area contributed by atoms with Crippen LogP contribution in [-0.2, 0) is 11.3 Å². The predicted molar refractivity (Wildman–Crippen MR) is 116 cm³/mol. The maximum atomic E-state index is 12.9. The minimum atomic E-state index is -0.354. The van der Waals surface area contributed by atoms with Crippen LogP contribution in [-0.4, -0.2) is 26.9 Å². The molecule has 2 aromatic carbocycles. The largest absolute Gasteiger partial charge is 0.454 e. The molecule has 0 spiro atoms. The summed E-state index contributed by atoms with van der Waals surface area (Å²) in [6, 6.07) is 12.5. The van der Waals surface area contributed by atoms with Crippen LogP contribution in [0.25, 0.3) is 16.8 Å². The van der Waals surface area contributed by atoms with Gasteiger partial charge in [-0.25, -0.2) is 4.52 Å². The molecule has 156 valence electrons. The number of aromatic nitrogens is 3. The molecular formula is C22H17ClN4O4. The zero-order chi connectivity index (χ0) is 21.5. The van der Waals surface area contributed by atoms with E-state index in [1.807, 2.05) is 25.1 Å². The average molecular weight is 437 g/mol. The number of anilines is 1. The van der Waals surface area contributed by atoms with Gasteiger partial charge in [-0.15, -0.1) is 0 Å². The van der Waals surface area contributed by atoms with Crippen LogP contribution in [0, 0.1) is 6.92 Å². The quantitative estimate of drug-likeness (QED) is 0.529. The monoisotopic (exact) mass is 436 g/mol. The first-order valence-electron chi connectivity index (χ1n) is 9.53. The summed E-state index contributed by atoms with van der Waals surface area (Å²) in [5.41, 5.74) is 2.93. The van der Waals surface area contributed by atoms with E-state index >= 15 is 0 Å². The first-order chi connectivity index (χ1) is 15.0. The summed E-state index contributed by atoms with van der Waals surface area (Å²) in [5, 5.41) is 7.65. The molecule has 0 saturated carbocycles. The van der Waals surface area contributed by atoms with Crippen molar-refractivity contribution in [3.05, 3.63) is 75.8 Å². The Morgan fingerprint density at radius 2 is 1.97 bits per heavy atom. The van der Waals surface area contributed by atoms with Gasteiger partial charge in [0, 0.05) is 18.0 Å². The summed E-state index contributed by atoms with van der Waals surface area (Å²) < 4.78 is 13.6. The molecule has 1 aliphatic rings. The Balaban J connectivity index is 1.41. The number of carbonyl (C=O) groups excluding carboxylic acids is 1. The number of benzene rings is 2.